The van der Waals surface area contributed by atoms with Crippen LogP contribution in [0.3, 0.4) is 0 Å². The monoisotopic (exact) mass is 289 g/mol. The fourth-order valence-electron chi connectivity index (χ4n) is 2.54. The van der Waals surface area contributed by atoms with Gasteiger partial charge in [0.1, 0.15) is 0 Å². The van der Waals surface area contributed by atoms with Crippen molar-refractivity contribution < 1.29 is 9.59 Å². The number of fused-ring (bicyclic) bond motifs is 1. The van der Waals surface area contributed by atoms with Crippen LogP contribution in [-0.4, -0.2) is 38.0 Å². The van der Waals surface area contributed by atoms with Gasteiger partial charge in [0.2, 0.25) is 5.91 Å². The molecule has 2 rings (SSSR count). The van der Waals surface area contributed by atoms with Gasteiger partial charge in [-0.05, 0) is 43.1 Å². The molecule has 0 unspecified atom stereocenters. The van der Waals surface area contributed by atoms with E-state index in [4.69, 9.17) is 0 Å². The summed E-state index contributed by atoms with van der Waals surface area (Å²) in [6.07, 6.45) is 1.90. The number of anilines is 1. The minimum Gasteiger partial charge on any atom is -0.351 e. The van der Waals surface area contributed by atoms with Gasteiger partial charge in [0.25, 0.3) is 5.91 Å². The first-order valence-corrected chi connectivity index (χ1v) is 7.53. The number of nitrogens with one attached hydrogen (secondary N) is 2. The molecule has 2 N–H and O–H groups in total. The molecule has 0 atom stereocenters. The van der Waals surface area contributed by atoms with Gasteiger partial charge in [0, 0.05) is 37.8 Å². The van der Waals surface area contributed by atoms with Crippen LogP contribution in [0.2, 0.25) is 0 Å². The maximum Gasteiger partial charge on any atom is 0.251 e. The van der Waals surface area contributed by atoms with Crippen molar-refractivity contribution in [2.45, 2.75) is 26.7 Å². The fraction of sp³-hybridized carbons (Fsp3) is 0.500. The van der Waals surface area contributed by atoms with Crippen molar-refractivity contribution in [2.75, 3.05) is 31.1 Å². The highest BCUT2D eigenvalue weighted by atomic mass is 16.2. The first-order valence-electron chi connectivity index (χ1n) is 7.53. The van der Waals surface area contributed by atoms with Crippen LogP contribution in [-0.2, 0) is 11.2 Å². The number of carbonyl (C=O) groups excluding carboxylic acids is 2. The van der Waals surface area contributed by atoms with Gasteiger partial charge >= 0.3 is 0 Å². The predicted octanol–water partition coefficient (Wildman–Crippen LogP) is 1.32. The lowest BCUT2D eigenvalue weighted by Gasteiger charge is -2.14. The highest BCUT2D eigenvalue weighted by Gasteiger charge is 2.22. The summed E-state index contributed by atoms with van der Waals surface area (Å²) in [6.45, 7) is 6.75. The second-order valence-electron chi connectivity index (χ2n) is 5.27. The normalized spacial score (nSPS) is 13.1. The molecule has 1 aromatic rings. The van der Waals surface area contributed by atoms with Gasteiger partial charge < -0.3 is 15.5 Å². The molecular weight excluding hydrogens is 266 g/mol. The van der Waals surface area contributed by atoms with Crippen molar-refractivity contribution in [1.29, 1.82) is 0 Å². The van der Waals surface area contributed by atoms with Gasteiger partial charge in [0.15, 0.2) is 0 Å². The molecule has 0 spiro atoms. The Bertz CT molecular complexity index is 528. The molecule has 0 aliphatic carbocycles. The molecule has 21 heavy (non-hydrogen) atoms. The van der Waals surface area contributed by atoms with Crippen molar-refractivity contribution in [3.63, 3.8) is 0 Å². The number of hydrogen-bond donors (Lipinski definition) is 2. The third-order valence-electron chi connectivity index (χ3n) is 3.63. The van der Waals surface area contributed by atoms with E-state index in [0.29, 0.717) is 18.7 Å². The summed E-state index contributed by atoms with van der Waals surface area (Å²) in [4.78, 5) is 25.3. The van der Waals surface area contributed by atoms with Gasteiger partial charge in [-0.3, -0.25) is 9.59 Å². The maximum absolute atomic E-state index is 12.1. The van der Waals surface area contributed by atoms with Crippen molar-refractivity contribution in [3.8, 4) is 0 Å². The van der Waals surface area contributed by atoms with Crippen LogP contribution in [0.1, 0.15) is 36.2 Å². The molecule has 1 aliphatic rings. The molecule has 114 valence electrons. The first-order chi connectivity index (χ1) is 10.1. The highest BCUT2D eigenvalue weighted by Crippen LogP contribution is 2.28. The van der Waals surface area contributed by atoms with E-state index in [1.165, 1.54) is 0 Å². The van der Waals surface area contributed by atoms with Crippen LogP contribution in [0, 0.1) is 0 Å². The van der Waals surface area contributed by atoms with E-state index in [9.17, 15) is 9.59 Å². The third kappa shape index (κ3) is 3.82. The zero-order valence-corrected chi connectivity index (χ0v) is 12.7. The third-order valence-corrected chi connectivity index (χ3v) is 3.63. The summed E-state index contributed by atoms with van der Waals surface area (Å²) < 4.78 is 0. The van der Waals surface area contributed by atoms with E-state index in [1.807, 2.05) is 12.1 Å². The minimum absolute atomic E-state index is 0.0490. The highest BCUT2D eigenvalue weighted by molar-refractivity contribution is 5.97. The van der Waals surface area contributed by atoms with Gasteiger partial charge in [-0.2, -0.15) is 0 Å². The number of benzene rings is 1. The average Bonchev–Trinajstić information content (AvgIpc) is 2.90. The summed E-state index contributed by atoms with van der Waals surface area (Å²) >= 11 is 0. The number of hydrogen-bond acceptors (Lipinski definition) is 3. The second-order valence-corrected chi connectivity index (χ2v) is 5.27. The van der Waals surface area contributed by atoms with E-state index in [0.717, 1.165) is 37.2 Å². The lowest BCUT2D eigenvalue weighted by atomic mass is 10.1. The van der Waals surface area contributed by atoms with Crippen LogP contribution in [0.25, 0.3) is 0 Å². The summed E-state index contributed by atoms with van der Waals surface area (Å²) in [5, 5.41) is 6.14. The van der Waals surface area contributed by atoms with Gasteiger partial charge in [-0.15, -0.1) is 0 Å². The Morgan fingerprint density at radius 1 is 1.24 bits per heavy atom. The Labute approximate surface area is 125 Å². The summed E-state index contributed by atoms with van der Waals surface area (Å²) in [7, 11) is 0. The summed E-state index contributed by atoms with van der Waals surface area (Å²) in [5.41, 5.74) is 2.67. The van der Waals surface area contributed by atoms with Crippen molar-refractivity contribution in [2.24, 2.45) is 0 Å². The SMILES string of the molecule is CCCNCCNC(=O)c1ccc2c(c1)CCN2C(C)=O. The van der Waals surface area contributed by atoms with Crippen LogP contribution < -0.4 is 15.5 Å². The van der Waals surface area contributed by atoms with E-state index in [-0.39, 0.29) is 11.8 Å². The van der Waals surface area contributed by atoms with Crippen LogP contribution in [0.15, 0.2) is 18.2 Å². The molecule has 0 aromatic heterocycles. The van der Waals surface area contributed by atoms with Crippen LogP contribution in [0.5, 0.6) is 0 Å². The topological polar surface area (TPSA) is 61.4 Å². The summed E-state index contributed by atoms with van der Waals surface area (Å²) in [6, 6.07) is 5.55. The number of nitrogens with zero attached hydrogens (tertiary/aromatic N) is 1. The van der Waals surface area contributed by atoms with E-state index in [1.54, 1.807) is 17.9 Å². The fourth-order valence-corrected chi connectivity index (χ4v) is 2.54. The van der Waals surface area contributed by atoms with E-state index in [2.05, 4.69) is 17.6 Å². The van der Waals surface area contributed by atoms with Crippen LogP contribution in [0.4, 0.5) is 5.69 Å². The predicted molar refractivity (Wildman–Crippen MR) is 83.7 cm³/mol. The van der Waals surface area contributed by atoms with Gasteiger partial charge in [-0.25, -0.2) is 0 Å². The standard InChI is InChI=1S/C16H23N3O2/c1-3-7-17-8-9-18-16(21)14-4-5-15-13(11-14)6-10-19(15)12(2)20/h4-5,11,17H,3,6-10H2,1-2H3,(H,18,21). The van der Waals surface area contributed by atoms with Crippen molar-refractivity contribution >= 4 is 17.5 Å². The van der Waals surface area contributed by atoms with Crippen molar-refractivity contribution in [3.05, 3.63) is 29.3 Å². The maximum atomic E-state index is 12.1. The Hall–Kier alpha value is -1.88. The summed E-state index contributed by atoms with van der Waals surface area (Å²) in [5.74, 6) is -0.00896. The molecule has 0 fully saturated rings. The smallest absolute Gasteiger partial charge is 0.251 e. The molecule has 0 bridgehead atoms. The lowest BCUT2D eigenvalue weighted by molar-refractivity contribution is -0.116. The molecule has 2 amide bonds. The van der Waals surface area contributed by atoms with E-state index < -0.39 is 0 Å². The number of rotatable bonds is 6. The Kier molecular flexibility index (Phi) is 5.33. The molecule has 1 heterocycles. The molecule has 0 radical (unpaired) electrons. The zero-order valence-electron chi connectivity index (χ0n) is 12.7. The van der Waals surface area contributed by atoms with Crippen LogP contribution >= 0.6 is 0 Å². The van der Waals surface area contributed by atoms with E-state index >= 15 is 0 Å². The Balaban J connectivity index is 1.93. The number of amides is 2. The molecule has 0 saturated carbocycles. The van der Waals surface area contributed by atoms with Gasteiger partial charge in [0.05, 0.1) is 0 Å². The molecular formula is C16H23N3O2. The molecule has 0 saturated heterocycles. The van der Waals surface area contributed by atoms with Crippen molar-refractivity contribution in [1.82, 2.24) is 10.6 Å². The average molecular weight is 289 g/mol. The molecule has 1 aromatic carbocycles. The first kappa shape index (κ1) is 15.5. The molecule has 1 aliphatic heterocycles. The molecule has 5 nitrogen and oxygen atoms in total. The zero-order chi connectivity index (χ0) is 15.2. The molecule has 5 heteroatoms. The lowest BCUT2D eigenvalue weighted by Crippen LogP contribution is -2.32. The Morgan fingerprint density at radius 3 is 2.76 bits per heavy atom. The minimum atomic E-state index is -0.0580. The largest absolute Gasteiger partial charge is 0.351 e. The quantitative estimate of drug-likeness (QED) is 0.777. The second kappa shape index (κ2) is 7.22. The van der Waals surface area contributed by atoms with Gasteiger partial charge in [-0.1, -0.05) is 6.92 Å². The number of carbonyl (C=O) groups is 2. The Morgan fingerprint density at radius 2 is 2.05 bits per heavy atom.